The number of aldehydes is 1. The molecule has 10 nitrogen and oxygen atoms in total. The van der Waals surface area contributed by atoms with Crippen molar-refractivity contribution in [1.82, 2.24) is 14.9 Å². The van der Waals surface area contributed by atoms with Crippen LogP contribution >= 0.6 is 11.6 Å². The highest BCUT2D eigenvalue weighted by atomic mass is 35.5. The molecule has 2 aromatic carbocycles. The smallest absolute Gasteiger partial charge is 0.264 e. The number of alkyl halides is 2. The molecule has 2 fully saturated rings. The average Bonchev–Trinajstić information content (AvgIpc) is 3.29. The van der Waals surface area contributed by atoms with E-state index in [0.717, 1.165) is 70.3 Å². The Hall–Kier alpha value is -3.10. The summed E-state index contributed by atoms with van der Waals surface area (Å²) in [5, 5.41) is 2.98. The maximum atomic E-state index is 13.4. The number of halogens is 3. The van der Waals surface area contributed by atoms with Crippen LogP contribution in [0, 0.1) is 17.8 Å². The fourth-order valence-corrected chi connectivity index (χ4v) is 10.3. The van der Waals surface area contributed by atoms with Gasteiger partial charge >= 0.3 is 0 Å². The van der Waals surface area contributed by atoms with Crippen molar-refractivity contribution in [1.29, 1.82) is 0 Å². The number of hydrogen-bond acceptors (Lipinski definition) is 9. The SMILES string of the molecule is CO[C@]1(C=O)/C=C/C[C@H](C)[C@@H](C)S(=O)(=O)NC(=O)c2ccc3c(c2)N(C[C@@H]2CC[C@H]21)C[C@@]1(CCCc2cc(Cl)ccc21)CO3.FC(F)CN1CCNCC1. The van der Waals surface area contributed by atoms with E-state index in [-0.39, 0.29) is 35.3 Å². The third kappa shape index (κ3) is 8.65. The Balaban J connectivity index is 0.000000432. The summed E-state index contributed by atoms with van der Waals surface area (Å²) in [6.45, 7) is 8.29. The number of rotatable bonds is 4. The number of piperazine rings is 1. The summed E-state index contributed by atoms with van der Waals surface area (Å²) in [6, 6.07) is 11.3. The van der Waals surface area contributed by atoms with Gasteiger partial charge in [0.25, 0.3) is 12.3 Å². The second kappa shape index (κ2) is 17.0. The van der Waals surface area contributed by atoms with Crippen LogP contribution in [0.5, 0.6) is 5.75 Å². The van der Waals surface area contributed by atoms with Gasteiger partial charge in [0.05, 0.1) is 24.1 Å². The van der Waals surface area contributed by atoms with Gasteiger partial charge in [-0.1, -0.05) is 30.7 Å². The molecule has 0 radical (unpaired) electrons. The van der Waals surface area contributed by atoms with E-state index in [1.807, 2.05) is 25.1 Å². The second-order valence-corrected chi connectivity index (χ2v) is 18.1. The number of hydrogen-bond donors (Lipinski definition) is 2. The number of anilines is 1. The maximum Gasteiger partial charge on any atom is 0.264 e. The zero-order valence-electron chi connectivity index (χ0n) is 31.4. The lowest BCUT2D eigenvalue weighted by molar-refractivity contribution is -0.135. The van der Waals surface area contributed by atoms with Crippen molar-refractivity contribution in [2.45, 2.75) is 75.1 Å². The van der Waals surface area contributed by atoms with Crippen molar-refractivity contribution in [3.63, 3.8) is 0 Å². The summed E-state index contributed by atoms with van der Waals surface area (Å²) in [5.41, 5.74) is 2.05. The number of amides is 1. The number of nitrogens with one attached hydrogen (secondary N) is 2. The molecule has 1 amide bonds. The number of methoxy groups -OCH3 is 1. The highest BCUT2D eigenvalue weighted by Gasteiger charge is 2.49. The van der Waals surface area contributed by atoms with E-state index in [2.05, 4.69) is 27.1 Å². The van der Waals surface area contributed by atoms with Crippen molar-refractivity contribution in [2.75, 3.05) is 64.4 Å². The van der Waals surface area contributed by atoms with E-state index in [0.29, 0.717) is 36.9 Å². The molecule has 3 aliphatic heterocycles. The minimum atomic E-state index is -3.97. The van der Waals surface area contributed by atoms with Gasteiger partial charge < -0.3 is 19.7 Å². The third-order valence-electron chi connectivity index (χ3n) is 12.3. The second-order valence-electron chi connectivity index (χ2n) is 15.6. The Labute approximate surface area is 323 Å². The van der Waals surface area contributed by atoms with Crippen LogP contribution in [-0.4, -0.2) is 102 Å². The van der Waals surface area contributed by atoms with Gasteiger partial charge in [-0.15, -0.1) is 0 Å². The number of sulfonamides is 1. The molecule has 54 heavy (non-hydrogen) atoms. The lowest BCUT2D eigenvalue weighted by Gasteiger charge is -2.48. The summed E-state index contributed by atoms with van der Waals surface area (Å²) in [6.07, 6.45) is 7.47. The molecule has 296 valence electrons. The number of carbonyl (C=O) groups excluding carboxylic acids is 2. The van der Waals surface area contributed by atoms with E-state index in [1.165, 1.54) is 11.1 Å². The lowest BCUT2D eigenvalue weighted by Crippen LogP contribution is -2.53. The molecule has 1 saturated heterocycles. The third-order valence-corrected chi connectivity index (χ3v) is 14.5. The molecule has 6 atom stereocenters. The minimum absolute atomic E-state index is 0.0434. The van der Waals surface area contributed by atoms with Crippen molar-refractivity contribution in [2.24, 2.45) is 17.8 Å². The first-order valence-electron chi connectivity index (χ1n) is 19.1. The molecule has 2 bridgehead atoms. The zero-order valence-corrected chi connectivity index (χ0v) is 32.9. The highest BCUT2D eigenvalue weighted by Crippen LogP contribution is 2.48. The van der Waals surface area contributed by atoms with Crippen LogP contribution in [0.4, 0.5) is 14.5 Å². The van der Waals surface area contributed by atoms with Gasteiger partial charge in [-0.3, -0.25) is 14.5 Å². The fraction of sp³-hybridized carbons (Fsp3) is 0.600. The molecule has 2 aliphatic carbocycles. The highest BCUT2D eigenvalue weighted by molar-refractivity contribution is 7.90. The van der Waals surface area contributed by atoms with Gasteiger partial charge in [-0.05, 0) is 105 Å². The number of carbonyl (C=O) groups is 2. The van der Waals surface area contributed by atoms with Gasteiger partial charge in [-0.2, -0.15) is 0 Å². The quantitative estimate of drug-likeness (QED) is 0.301. The van der Waals surface area contributed by atoms with Crippen LogP contribution in [0.3, 0.4) is 0 Å². The molecule has 1 spiro atoms. The van der Waals surface area contributed by atoms with Gasteiger partial charge in [0.2, 0.25) is 10.0 Å². The van der Waals surface area contributed by atoms with Crippen molar-refractivity contribution >= 4 is 39.5 Å². The van der Waals surface area contributed by atoms with Crippen molar-refractivity contribution in [3.8, 4) is 5.75 Å². The molecule has 5 aliphatic rings. The largest absolute Gasteiger partial charge is 0.490 e. The molecule has 3 heterocycles. The molecule has 2 N–H and O–H groups in total. The van der Waals surface area contributed by atoms with Gasteiger partial charge in [0.15, 0.2) is 6.29 Å². The van der Waals surface area contributed by atoms with E-state index in [1.54, 1.807) is 37.1 Å². The van der Waals surface area contributed by atoms with Crippen LogP contribution in [0.15, 0.2) is 48.6 Å². The first-order valence-corrected chi connectivity index (χ1v) is 21.0. The monoisotopic (exact) mass is 790 g/mol. The van der Waals surface area contributed by atoms with Crippen molar-refractivity contribution < 1.29 is 36.3 Å². The molecule has 2 aromatic rings. The van der Waals surface area contributed by atoms with E-state index in [9.17, 15) is 26.8 Å². The summed E-state index contributed by atoms with van der Waals surface area (Å²) < 4.78 is 64.9. The number of aryl methyl sites for hydroxylation is 1. The summed E-state index contributed by atoms with van der Waals surface area (Å²) >= 11 is 6.40. The number of nitrogens with zero attached hydrogens (tertiary/aromatic N) is 2. The number of allylic oxidation sites excluding steroid dienone is 1. The summed E-state index contributed by atoms with van der Waals surface area (Å²) in [4.78, 5) is 30.2. The molecule has 0 aromatic heterocycles. The van der Waals surface area contributed by atoms with E-state index < -0.39 is 33.2 Å². The van der Waals surface area contributed by atoms with E-state index >= 15 is 0 Å². The Morgan fingerprint density at radius 1 is 1.13 bits per heavy atom. The molecular formula is C40H53ClF2N4O6S. The molecule has 0 unspecified atom stereocenters. The fourth-order valence-electron chi connectivity index (χ4n) is 8.77. The van der Waals surface area contributed by atoms with Crippen molar-refractivity contribution in [3.05, 3.63) is 70.3 Å². The van der Waals surface area contributed by atoms with Gasteiger partial charge in [0, 0.05) is 68.3 Å². The zero-order chi connectivity index (χ0) is 38.7. The Kier molecular flexibility index (Phi) is 12.7. The Morgan fingerprint density at radius 2 is 1.91 bits per heavy atom. The number of ether oxygens (including phenoxy) is 2. The maximum absolute atomic E-state index is 13.4. The van der Waals surface area contributed by atoms with Gasteiger partial charge in [-0.25, -0.2) is 21.9 Å². The van der Waals surface area contributed by atoms with Crippen LogP contribution in [0.1, 0.15) is 67.4 Å². The van der Waals surface area contributed by atoms with E-state index in [4.69, 9.17) is 21.1 Å². The minimum Gasteiger partial charge on any atom is -0.490 e. The predicted octanol–water partition coefficient (Wildman–Crippen LogP) is 5.62. The lowest BCUT2D eigenvalue weighted by atomic mass is 9.64. The van der Waals surface area contributed by atoms with Crippen LogP contribution in [0.2, 0.25) is 5.02 Å². The van der Waals surface area contributed by atoms with Crippen LogP contribution in [-0.2, 0) is 31.4 Å². The Morgan fingerprint density at radius 3 is 2.59 bits per heavy atom. The van der Waals surface area contributed by atoms with Gasteiger partial charge in [0.1, 0.15) is 11.4 Å². The molecule has 1 saturated carbocycles. The van der Waals surface area contributed by atoms with Crippen LogP contribution in [0.25, 0.3) is 0 Å². The molecular weight excluding hydrogens is 738 g/mol. The van der Waals surface area contributed by atoms with Crippen LogP contribution < -0.4 is 19.7 Å². The number of fused-ring (bicyclic) bond motifs is 4. The normalized spacial score (nSPS) is 31.7. The molecule has 14 heteroatoms. The number of benzene rings is 2. The predicted molar refractivity (Wildman–Crippen MR) is 206 cm³/mol. The first kappa shape index (κ1) is 40.6. The topological polar surface area (TPSA) is 117 Å². The Bertz CT molecular complexity index is 1810. The summed E-state index contributed by atoms with van der Waals surface area (Å²) in [5.74, 6) is -0.203. The average molecular weight is 791 g/mol. The standard InChI is InChI=1S/C34H41ClN2O6S.C6H12F2N2/c1-22-6-4-15-34(20-38,42-3)29-11-8-26(29)18-37-19-33(14-5-7-24-16-27(35)10-12-28(24)33)21-43-31-13-9-25(17-30(31)37)32(39)36-44(40,41)23(22)2;7-6(8)5-10-3-1-9-2-4-10/h4,9-10,12-13,15-17,20,22-23,26,29H,5-8,11,14,18-19,21H2,1-3H3,(H,36,39);6,9H,1-5H2/b15-4+;/t22-,23+,26-,29+,33-,34-;/m0./s1. The first-order chi connectivity index (χ1) is 25.8. The summed E-state index contributed by atoms with van der Waals surface area (Å²) in [7, 11) is -2.41. The molecule has 7 rings (SSSR count).